The highest BCUT2D eigenvalue weighted by Gasteiger charge is 2.31. The lowest BCUT2D eigenvalue weighted by molar-refractivity contribution is -0.321. The molecule has 0 fully saturated rings. The molecule has 0 aromatic carbocycles. The number of carbonyl (C=O) groups is 1. The van der Waals surface area contributed by atoms with Crippen molar-refractivity contribution in [1.82, 2.24) is 6.15 Å². The molecular weight excluding hydrogens is 442 g/mol. The average Bonchev–Trinajstić information content (AvgIpc) is 2.84. The fourth-order valence-corrected chi connectivity index (χ4v) is 5.49. The van der Waals surface area contributed by atoms with Crippen molar-refractivity contribution >= 4 is 5.97 Å². The molecule has 0 heterocycles. The minimum Gasteiger partial charge on any atom is -0.550 e. The summed E-state index contributed by atoms with van der Waals surface area (Å²) in [6, 6.07) is 0. The molecule has 2 unspecified atom stereocenters. The van der Waals surface area contributed by atoms with Crippen LogP contribution in [-0.2, 0) is 4.79 Å². The Kier molecular flexibility index (Phi) is 28.7. The van der Waals surface area contributed by atoms with E-state index in [0.717, 1.165) is 19.3 Å². The van der Waals surface area contributed by atoms with Gasteiger partial charge in [0.05, 0.1) is 0 Å². The van der Waals surface area contributed by atoms with E-state index in [0.29, 0.717) is 0 Å². The molecule has 0 aliphatic heterocycles. The van der Waals surface area contributed by atoms with E-state index in [1.165, 1.54) is 148 Å². The first kappa shape index (κ1) is 37.6. The van der Waals surface area contributed by atoms with Crippen LogP contribution in [0.2, 0.25) is 0 Å². The second-order valence-electron chi connectivity index (χ2n) is 11.9. The van der Waals surface area contributed by atoms with Gasteiger partial charge in [0, 0.05) is 11.4 Å². The summed E-state index contributed by atoms with van der Waals surface area (Å²) in [5.41, 5.74) is -0.656. The molecule has 0 bridgehead atoms. The summed E-state index contributed by atoms with van der Waals surface area (Å²) in [5.74, 6) is -0.616. The zero-order chi connectivity index (χ0) is 26.0. The van der Waals surface area contributed by atoms with Gasteiger partial charge in [0.25, 0.3) is 0 Å². The number of carbonyl (C=O) groups excluding carboxylic acids is 1. The van der Waals surface area contributed by atoms with Gasteiger partial charge in [0.1, 0.15) is 0 Å². The van der Waals surface area contributed by atoms with Crippen molar-refractivity contribution in [3.05, 3.63) is 0 Å². The van der Waals surface area contributed by atoms with Crippen LogP contribution in [-0.4, -0.2) is 5.97 Å². The molecule has 0 amide bonds. The number of carboxylic acids is 1. The summed E-state index contributed by atoms with van der Waals surface area (Å²) in [4.78, 5) is 12.0. The van der Waals surface area contributed by atoms with Gasteiger partial charge in [-0.2, -0.15) is 0 Å². The molecular formula is C33H69NO2. The van der Waals surface area contributed by atoms with Gasteiger partial charge < -0.3 is 16.1 Å². The van der Waals surface area contributed by atoms with Gasteiger partial charge in [0.15, 0.2) is 0 Å². The van der Waals surface area contributed by atoms with Gasteiger partial charge in [0.2, 0.25) is 0 Å². The molecule has 0 radical (unpaired) electrons. The first-order valence-electron chi connectivity index (χ1n) is 16.2. The van der Waals surface area contributed by atoms with Gasteiger partial charge in [-0.25, -0.2) is 0 Å². The Balaban J connectivity index is 0. The van der Waals surface area contributed by atoms with Gasteiger partial charge in [-0.05, 0) is 18.8 Å². The summed E-state index contributed by atoms with van der Waals surface area (Å²) in [7, 11) is 0. The topological polar surface area (TPSA) is 76.6 Å². The van der Waals surface area contributed by atoms with E-state index in [1.807, 2.05) is 6.92 Å². The Labute approximate surface area is 228 Å². The minimum absolute atomic E-state index is 0. The molecule has 3 heteroatoms. The quantitative estimate of drug-likeness (QED) is 0.106. The molecule has 36 heavy (non-hydrogen) atoms. The SMILES string of the molecule is CCCCCCCCCCCCCCCC(C)C(C)(CCCCCCCCCCCCC)C(=O)[O-].[NH4+]. The summed E-state index contributed by atoms with van der Waals surface area (Å²) in [6.45, 7) is 8.65. The van der Waals surface area contributed by atoms with Crippen LogP contribution in [0.1, 0.15) is 195 Å². The number of aliphatic carboxylic acids is 1. The molecule has 4 N–H and O–H groups in total. The molecule has 3 nitrogen and oxygen atoms in total. The number of unbranched alkanes of at least 4 members (excludes halogenated alkanes) is 22. The highest BCUT2D eigenvalue weighted by molar-refractivity contribution is 5.72. The van der Waals surface area contributed by atoms with Crippen molar-refractivity contribution in [3.63, 3.8) is 0 Å². The van der Waals surface area contributed by atoms with Crippen molar-refractivity contribution in [2.75, 3.05) is 0 Å². The lowest BCUT2D eigenvalue weighted by Crippen LogP contribution is -2.44. The van der Waals surface area contributed by atoms with Crippen molar-refractivity contribution in [3.8, 4) is 0 Å². The van der Waals surface area contributed by atoms with Crippen LogP contribution in [0.4, 0.5) is 0 Å². The number of quaternary nitrogens is 1. The molecule has 218 valence electrons. The maximum absolute atomic E-state index is 12.0. The minimum atomic E-state index is -0.827. The van der Waals surface area contributed by atoms with E-state index in [1.54, 1.807) is 0 Å². The molecule has 0 aromatic rings. The molecule has 0 aliphatic rings. The Bertz CT molecular complexity index is 453. The van der Waals surface area contributed by atoms with Crippen molar-refractivity contribution in [2.45, 2.75) is 195 Å². The highest BCUT2D eigenvalue weighted by Crippen LogP contribution is 2.36. The maximum Gasteiger partial charge on any atom is 0.0476 e. The third-order valence-corrected chi connectivity index (χ3v) is 8.59. The number of hydrogen-bond donors (Lipinski definition) is 1. The van der Waals surface area contributed by atoms with E-state index >= 15 is 0 Å². The van der Waals surface area contributed by atoms with Crippen LogP contribution < -0.4 is 11.3 Å². The van der Waals surface area contributed by atoms with E-state index in [2.05, 4.69) is 20.8 Å². The summed E-state index contributed by atoms with van der Waals surface area (Å²) < 4.78 is 0. The van der Waals surface area contributed by atoms with Crippen LogP contribution in [0.15, 0.2) is 0 Å². The zero-order valence-electron chi connectivity index (χ0n) is 25.8. The van der Waals surface area contributed by atoms with Crippen LogP contribution in [0, 0.1) is 11.3 Å². The fourth-order valence-electron chi connectivity index (χ4n) is 5.49. The monoisotopic (exact) mass is 512 g/mol. The first-order valence-corrected chi connectivity index (χ1v) is 16.2. The van der Waals surface area contributed by atoms with E-state index < -0.39 is 11.4 Å². The third kappa shape index (κ3) is 21.5. The maximum atomic E-state index is 12.0. The van der Waals surface area contributed by atoms with Crippen molar-refractivity contribution in [2.24, 2.45) is 11.3 Å². The fraction of sp³-hybridized carbons (Fsp3) is 0.970. The van der Waals surface area contributed by atoms with E-state index in [9.17, 15) is 9.90 Å². The Hall–Kier alpha value is -0.570. The Morgan fingerprint density at radius 1 is 0.556 bits per heavy atom. The Morgan fingerprint density at radius 2 is 0.833 bits per heavy atom. The van der Waals surface area contributed by atoms with Crippen LogP contribution in [0.5, 0.6) is 0 Å². The van der Waals surface area contributed by atoms with Gasteiger partial charge in [-0.1, -0.05) is 182 Å². The van der Waals surface area contributed by atoms with Gasteiger partial charge in [-0.15, -0.1) is 0 Å². The average molecular weight is 512 g/mol. The number of carboxylic acid groups (broad SMARTS) is 1. The molecule has 2 atom stereocenters. The molecule has 0 aromatic heterocycles. The second kappa shape index (κ2) is 27.5. The van der Waals surface area contributed by atoms with E-state index in [4.69, 9.17) is 0 Å². The smallest absolute Gasteiger partial charge is 0.0476 e. The predicted octanol–water partition coefficient (Wildman–Crippen LogP) is 10.9. The summed E-state index contributed by atoms with van der Waals surface area (Å²) >= 11 is 0. The number of rotatable bonds is 28. The summed E-state index contributed by atoms with van der Waals surface area (Å²) in [6.07, 6.45) is 33.9. The third-order valence-electron chi connectivity index (χ3n) is 8.59. The lowest BCUT2D eigenvalue weighted by atomic mass is 9.72. The largest absolute Gasteiger partial charge is 0.550 e. The van der Waals surface area contributed by atoms with Crippen LogP contribution in [0.25, 0.3) is 0 Å². The van der Waals surface area contributed by atoms with Gasteiger partial charge >= 0.3 is 0 Å². The lowest BCUT2D eigenvalue weighted by Gasteiger charge is -2.37. The molecule has 0 saturated heterocycles. The van der Waals surface area contributed by atoms with E-state index in [-0.39, 0.29) is 12.1 Å². The van der Waals surface area contributed by atoms with Crippen LogP contribution in [0.3, 0.4) is 0 Å². The molecule has 0 saturated carbocycles. The molecule has 0 spiro atoms. The summed E-state index contributed by atoms with van der Waals surface area (Å²) in [5, 5.41) is 12.0. The predicted molar refractivity (Wildman–Crippen MR) is 160 cm³/mol. The zero-order valence-corrected chi connectivity index (χ0v) is 25.8. The number of hydrogen-bond acceptors (Lipinski definition) is 2. The second-order valence-corrected chi connectivity index (χ2v) is 11.9. The van der Waals surface area contributed by atoms with Crippen molar-refractivity contribution in [1.29, 1.82) is 0 Å². The standard InChI is InChI=1S/C33H66O2.H3N/c1-5-7-9-11-13-15-17-18-19-21-23-25-27-29-31(3)33(4,32(34)35)30-28-26-24-22-20-16-14-12-10-8-6-2;/h31H,5-30H2,1-4H3,(H,34,35);1H3. The first-order chi connectivity index (χ1) is 17.0. The molecule has 0 aliphatic carbocycles. The Morgan fingerprint density at radius 3 is 1.14 bits per heavy atom. The normalized spacial score (nSPS) is 13.8. The van der Waals surface area contributed by atoms with Crippen LogP contribution >= 0.6 is 0 Å². The highest BCUT2D eigenvalue weighted by atomic mass is 16.4. The van der Waals surface area contributed by atoms with Gasteiger partial charge in [-0.3, -0.25) is 0 Å². The molecule has 0 rings (SSSR count). The van der Waals surface area contributed by atoms with Crippen molar-refractivity contribution < 1.29 is 9.90 Å².